The number of aryl methyl sites for hydroxylation is 1. The first-order valence-corrected chi connectivity index (χ1v) is 9.94. The SMILES string of the molecule is CCCOc1ccc(C(=O)CCC(=O)NCC(=O)Nc2ccccc2CC)cc1. The molecule has 29 heavy (non-hydrogen) atoms. The minimum absolute atomic E-state index is 0.0335. The molecule has 0 atom stereocenters. The maximum atomic E-state index is 12.2. The molecule has 0 aliphatic carbocycles. The normalized spacial score (nSPS) is 10.3. The molecule has 0 saturated carbocycles. The third-order valence-electron chi connectivity index (χ3n) is 4.35. The van der Waals surface area contributed by atoms with Gasteiger partial charge in [0.25, 0.3) is 0 Å². The number of anilines is 1. The molecule has 0 heterocycles. The van der Waals surface area contributed by atoms with Crippen molar-refractivity contribution in [2.75, 3.05) is 18.5 Å². The number of amides is 2. The van der Waals surface area contributed by atoms with Gasteiger partial charge in [-0.25, -0.2) is 0 Å². The molecule has 6 heteroatoms. The molecule has 2 amide bonds. The van der Waals surface area contributed by atoms with Crippen LogP contribution in [0.3, 0.4) is 0 Å². The van der Waals surface area contributed by atoms with Crippen molar-refractivity contribution in [1.82, 2.24) is 5.32 Å². The molecule has 2 N–H and O–H groups in total. The molecule has 154 valence electrons. The predicted molar refractivity (Wildman–Crippen MR) is 113 cm³/mol. The first-order valence-electron chi connectivity index (χ1n) is 9.94. The number of nitrogens with one attached hydrogen (secondary N) is 2. The topological polar surface area (TPSA) is 84.5 Å². The number of hydrogen-bond acceptors (Lipinski definition) is 4. The van der Waals surface area contributed by atoms with Gasteiger partial charge in [0.2, 0.25) is 11.8 Å². The predicted octanol–water partition coefficient (Wildman–Crippen LogP) is 3.76. The molecular weight excluding hydrogens is 368 g/mol. The third-order valence-corrected chi connectivity index (χ3v) is 4.35. The molecule has 2 rings (SSSR count). The number of Topliss-reactive ketones (excluding diaryl/α,β-unsaturated/α-hetero) is 1. The van der Waals surface area contributed by atoms with Crippen LogP contribution in [-0.4, -0.2) is 30.7 Å². The summed E-state index contributed by atoms with van der Waals surface area (Å²) >= 11 is 0. The molecule has 0 aliphatic heterocycles. The van der Waals surface area contributed by atoms with E-state index >= 15 is 0 Å². The highest BCUT2D eigenvalue weighted by atomic mass is 16.5. The lowest BCUT2D eigenvalue weighted by molar-refractivity contribution is -0.124. The molecule has 0 spiro atoms. The van der Waals surface area contributed by atoms with E-state index in [-0.39, 0.29) is 37.0 Å². The smallest absolute Gasteiger partial charge is 0.243 e. The summed E-state index contributed by atoms with van der Waals surface area (Å²) in [6.07, 6.45) is 1.84. The van der Waals surface area contributed by atoms with Gasteiger partial charge in [0.15, 0.2) is 5.78 Å². The molecule has 0 aliphatic rings. The van der Waals surface area contributed by atoms with Gasteiger partial charge in [-0.2, -0.15) is 0 Å². The highest BCUT2D eigenvalue weighted by Gasteiger charge is 2.11. The van der Waals surface area contributed by atoms with Gasteiger partial charge in [-0.1, -0.05) is 32.0 Å². The summed E-state index contributed by atoms with van der Waals surface area (Å²) in [6, 6.07) is 14.4. The summed E-state index contributed by atoms with van der Waals surface area (Å²) in [7, 11) is 0. The van der Waals surface area contributed by atoms with Gasteiger partial charge in [0, 0.05) is 24.1 Å². The van der Waals surface area contributed by atoms with Crippen LogP contribution in [0.5, 0.6) is 5.75 Å². The average Bonchev–Trinajstić information content (AvgIpc) is 2.75. The van der Waals surface area contributed by atoms with Crippen LogP contribution < -0.4 is 15.4 Å². The number of ether oxygens (including phenoxy) is 1. The van der Waals surface area contributed by atoms with E-state index in [1.807, 2.05) is 38.1 Å². The van der Waals surface area contributed by atoms with Crippen LogP contribution in [0.1, 0.15) is 49.0 Å². The lowest BCUT2D eigenvalue weighted by Gasteiger charge is -2.10. The lowest BCUT2D eigenvalue weighted by Crippen LogP contribution is -2.33. The van der Waals surface area contributed by atoms with E-state index in [9.17, 15) is 14.4 Å². The molecule has 0 fully saturated rings. The number of benzene rings is 2. The van der Waals surface area contributed by atoms with E-state index in [4.69, 9.17) is 4.74 Å². The molecule has 0 radical (unpaired) electrons. The Bertz CT molecular complexity index is 831. The molecule has 0 saturated heterocycles. The van der Waals surface area contributed by atoms with Crippen molar-refractivity contribution in [3.63, 3.8) is 0 Å². The van der Waals surface area contributed by atoms with E-state index in [0.717, 1.165) is 29.8 Å². The summed E-state index contributed by atoms with van der Waals surface area (Å²) < 4.78 is 5.49. The Morgan fingerprint density at radius 1 is 0.897 bits per heavy atom. The zero-order valence-corrected chi connectivity index (χ0v) is 17.0. The molecule has 0 aromatic heterocycles. The summed E-state index contributed by atoms with van der Waals surface area (Å²) in [4.78, 5) is 36.2. The van der Waals surface area contributed by atoms with Gasteiger partial charge in [-0.05, 0) is 48.7 Å². The van der Waals surface area contributed by atoms with Crippen LogP contribution in [0.2, 0.25) is 0 Å². The lowest BCUT2D eigenvalue weighted by atomic mass is 10.1. The van der Waals surface area contributed by atoms with Gasteiger partial charge >= 0.3 is 0 Å². The summed E-state index contributed by atoms with van der Waals surface area (Å²) in [5, 5.41) is 5.35. The summed E-state index contributed by atoms with van der Waals surface area (Å²) in [5.41, 5.74) is 2.32. The zero-order valence-electron chi connectivity index (χ0n) is 17.0. The minimum atomic E-state index is -0.333. The van der Waals surface area contributed by atoms with Crippen LogP contribution in [0.4, 0.5) is 5.69 Å². The molecule has 2 aromatic rings. The van der Waals surface area contributed by atoms with Crippen LogP contribution in [0.25, 0.3) is 0 Å². The van der Waals surface area contributed by atoms with E-state index < -0.39 is 0 Å². The van der Waals surface area contributed by atoms with E-state index in [1.165, 1.54) is 0 Å². The number of carbonyl (C=O) groups is 3. The highest BCUT2D eigenvalue weighted by molar-refractivity contribution is 5.99. The van der Waals surface area contributed by atoms with Gasteiger partial charge in [0.05, 0.1) is 13.2 Å². The third kappa shape index (κ3) is 7.41. The second-order valence-corrected chi connectivity index (χ2v) is 6.63. The van der Waals surface area contributed by atoms with Gasteiger partial charge < -0.3 is 15.4 Å². The number of para-hydroxylation sites is 1. The quantitative estimate of drug-likeness (QED) is 0.567. The van der Waals surface area contributed by atoms with Crippen molar-refractivity contribution in [1.29, 1.82) is 0 Å². The maximum Gasteiger partial charge on any atom is 0.243 e. The van der Waals surface area contributed by atoms with Crippen LogP contribution in [-0.2, 0) is 16.0 Å². The highest BCUT2D eigenvalue weighted by Crippen LogP contribution is 2.15. The van der Waals surface area contributed by atoms with E-state index in [2.05, 4.69) is 10.6 Å². The summed E-state index contributed by atoms with van der Waals surface area (Å²) in [6.45, 7) is 4.53. The molecule has 0 bridgehead atoms. The fourth-order valence-electron chi connectivity index (χ4n) is 2.74. The fourth-order valence-corrected chi connectivity index (χ4v) is 2.74. The van der Waals surface area contributed by atoms with Crippen molar-refractivity contribution in [3.8, 4) is 5.75 Å². The van der Waals surface area contributed by atoms with Crippen molar-refractivity contribution >= 4 is 23.3 Å². The van der Waals surface area contributed by atoms with E-state index in [0.29, 0.717) is 12.2 Å². The van der Waals surface area contributed by atoms with Gasteiger partial charge in [0.1, 0.15) is 5.75 Å². The second-order valence-electron chi connectivity index (χ2n) is 6.63. The molecule has 2 aromatic carbocycles. The Morgan fingerprint density at radius 3 is 2.31 bits per heavy atom. The van der Waals surface area contributed by atoms with Crippen LogP contribution in [0, 0.1) is 0 Å². The van der Waals surface area contributed by atoms with Crippen LogP contribution in [0.15, 0.2) is 48.5 Å². The molecule has 0 unspecified atom stereocenters. The maximum absolute atomic E-state index is 12.2. The minimum Gasteiger partial charge on any atom is -0.494 e. The fraction of sp³-hybridized carbons (Fsp3) is 0.348. The largest absolute Gasteiger partial charge is 0.494 e. The monoisotopic (exact) mass is 396 g/mol. The van der Waals surface area contributed by atoms with Gasteiger partial charge in [-0.3, -0.25) is 14.4 Å². The standard InChI is InChI=1S/C23H28N2O4/c1-3-15-29-19-11-9-18(10-12-19)21(26)13-14-22(27)24-16-23(28)25-20-8-6-5-7-17(20)4-2/h5-12H,3-4,13-16H2,1-2H3,(H,24,27)(H,25,28). The Morgan fingerprint density at radius 2 is 1.62 bits per heavy atom. The summed E-state index contributed by atoms with van der Waals surface area (Å²) in [5.74, 6) is -0.0336. The zero-order chi connectivity index (χ0) is 21.1. The Labute approximate surface area is 171 Å². The van der Waals surface area contributed by atoms with E-state index in [1.54, 1.807) is 24.3 Å². The number of rotatable bonds is 11. The molecular formula is C23H28N2O4. The molecule has 6 nitrogen and oxygen atoms in total. The van der Waals surface area contributed by atoms with Gasteiger partial charge in [-0.15, -0.1) is 0 Å². The number of carbonyl (C=O) groups excluding carboxylic acids is 3. The first-order chi connectivity index (χ1) is 14.0. The number of ketones is 1. The Kier molecular flexibility index (Phi) is 8.89. The number of hydrogen-bond donors (Lipinski definition) is 2. The van der Waals surface area contributed by atoms with Crippen molar-refractivity contribution < 1.29 is 19.1 Å². The van der Waals surface area contributed by atoms with Crippen LogP contribution >= 0.6 is 0 Å². The van der Waals surface area contributed by atoms with Crippen molar-refractivity contribution in [2.24, 2.45) is 0 Å². The average molecular weight is 396 g/mol. The van der Waals surface area contributed by atoms with Crippen molar-refractivity contribution in [3.05, 3.63) is 59.7 Å². The van der Waals surface area contributed by atoms with Crippen molar-refractivity contribution in [2.45, 2.75) is 39.5 Å². The second kappa shape index (κ2) is 11.6. The Balaban J connectivity index is 1.73. The first kappa shape index (κ1) is 22.1. The Hall–Kier alpha value is -3.15.